The molecule has 1 unspecified atom stereocenters. The Balaban J connectivity index is 1.63. The van der Waals surface area contributed by atoms with E-state index < -0.39 is 0 Å². The van der Waals surface area contributed by atoms with Crippen molar-refractivity contribution < 1.29 is 9.84 Å². The molecule has 2 aliphatic rings. The fraction of sp³-hybridized carbons (Fsp3) is 0.538. The summed E-state index contributed by atoms with van der Waals surface area (Å²) in [6.07, 6.45) is 4.91. The van der Waals surface area contributed by atoms with Gasteiger partial charge >= 0.3 is 0 Å². The summed E-state index contributed by atoms with van der Waals surface area (Å²) in [6.45, 7) is 3.67. The molecule has 4 rings (SSSR count). The summed E-state index contributed by atoms with van der Waals surface area (Å²) in [6, 6.07) is 20.3. The number of benzene rings is 2. The van der Waals surface area contributed by atoms with Gasteiger partial charge in [0, 0.05) is 19.2 Å². The molecule has 0 amide bonds. The van der Waals surface area contributed by atoms with E-state index in [0.29, 0.717) is 42.2 Å². The van der Waals surface area contributed by atoms with E-state index in [2.05, 4.69) is 60.8 Å². The van der Waals surface area contributed by atoms with Gasteiger partial charge in [0.15, 0.2) is 0 Å². The number of piperidine rings is 1. The molecule has 1 aliphatic heterocycles. The molecule has 1 saturated heterocycles. The van der Waals surface area contributed by atoms with Crippen molar-refractivity contribution in [1.29, 1.82) is 0 Å². The smallest absolute Gasteiger partial charge is 0.119 e. The highest BCUT2D eigenvalue weighted by atomic mass is 16.5. The second-order valence-electron chi connectivity index (χ2n) is 9.13. The molecular weight excluding hydrogens is 358 g/mol. The quantitative estimate of drug-likeness (QED) is 0.728. The Morgan fingerprint density at radius 1 is 1.03 bits per heavy atom. The third kappa shape index (κ3) is 4.51. The van der Waals surface area contributed by atoms with Crippen LogP contribution in [0.4, 0.5) is 0 Å². The van der Waals surface area contributed by atoms with E-state index >= 15 is 0 Å². The van der Waals surface area contributed by atoms with Crippen molar-refractivity contribution >= 4 is 0 Å². The SMILES string of the molecule is COc1cccc([C@H](C(C)c2ccccc2)[C@H]2CC[C@@H]3NC[C@H](CO)C[C@H]3C2)c1. The number of hydrogen-bond donors (Lipinski definition) is 2. The summed E-state index contributed by atoms with van der Waals surface area (Å²) in [7, 11) is 1.75. The molecule has 6 atom stereocenters. The molecule has 0 aromatic heterocycles. The highest BCUT2D eigenvalue weighted by Crippen LogP contribution is 2.48. The van der Waals surface area contributed by atoms with Gasteiger partial charge < -0.3 is 15.2 Å². The van der Waals surface area contributed by atoms with Gasteiger partial charge in [-0.1, -0.05) is 49.4 Å². The van der Waals surface area contributed by atoms with Crippen LogP contribution >= 0.6 is 0 Å². The average Bonchev–Trinajstić information content (AvgIpc) is 2.79. The number of rotatable bonds is 6. The van der Waals surface area contributed by atoms with Crippen molar-refractivity contribution in [2.24, 2.45) is 17.8 Å². The van der Waals surface area contributed by atoms with Crippen LogP contribution in [0, 0.1) is 17.8 Å². The van der Waals surface area contributed by atoms with Gasteiger partial charge in [-0.25, -0.2) is 0 Å². The Labute approximate surface area is 175 Å². The molecule has 3 nitrogen and oxygen atoms in total. The largest absolute Gasteiger partial charge is 0.497 e. The molecule has 0 bridgehead atoms. The number of aliphatic hydroxyl groups excluding tert-OH is 1. The third-order valence-electron chi connectivity index (χ3n) is 7.44. The van der Waals surface area contributed by atoms with Crippen molar-refractivity contribution in [2.75, 3.05) is 20.3 Å². The molecule has 2 aromatic rings. The zero-order valence-corrected chi connectivity index (χ0v) is 17.8. The molecule has 1 aliphatic carbocycles. The predicted octanol–water partition coefficient (Wildman–Crippen LogP) is 4.97. The maximum Gasteiger partial charge on any atom is 0.119 e. The standard InChI is InChI=1S/C26H35NO2/c1-18(20-7-4-3-5-8-20)26(21-9-6-10-24(15-21)29-2)22-11-12-25-23(14-22)13-19(17-28)16-27-25/h3-10,15,18-19,22-23,25-28H,11-14,16-17H2,1-2H3/t18?,19-,22+,23+,25+,26+/m1/s1. The summed E-state index contributed by atoms with van der Waals surface area (Å²) >= 11 is 0. The molecule has 0 radical (unpaired) electrons. The average molecular weight is 394 g/mol. The molecule has 156 valence electrons. The van der Waals surface area contributed by atoms with Crippen LogP contribution in [0.2, 0.25) is 0 Å². The topological polar surface area (TPSA) is 41.5 Å². The van der Waals surface area contributed by atoms with Crippen LogP contribution in [0.1, 0.15) is 55.6 Å². The normalized spacial score (nSPS) is 28.9. The molecule has 1 heterocycles. The highest BCUT2D eigenvalue weighted by molar-refractivity contribution is 5.35. The van der Waals surface area contributed by atoms with Gasteiger partial charge in [0.1, 0.15) is 5.75 Å². The van der Waals surface area contributed by atoms with Crippen molar-refractivity contribution in [3.63, 3.8) is 0 Å². The minimum atomic E-state index is 0.306. The second kappa shape index (κ2) is 9.32. The molecule has 2 aromatic carbocycles. The van der Waals surface area contributed by atoms with Gasteiger partial charge in [-0.3, -0.25) is 0 Å². The fourth-order valence-electron chi connectivity index (χ4n) is 5.91. The van der Waals surface area contributed by atoms with Gasteiger partial charge in [-0.05, 0) is 78.5 Å². The van der Waals surface area contributed by atoms with E-state index in [0.717, 1.165) is 18.7 Å². The monoisotopic (exact) mass is 393 g/mol. The molecule has 29 heavy (non-hydrogen) atoms. The minimum absolute atomic E-state index is 0.306. The molecule has 1 saturated carbocycles. The van der Waals surface area contributed by atoms with Gasteiger partial charge in [0.2, 0.25) is 0 Å². The minimum Gasteiger partial charge on any atom is -0.497 e. The number of hydrogen-bond acceptors (Lipinski definition) is 3. The fourth-order valence-corrected chi connectivity index (χ4v) is 5.91. The molecule has 0 spiro atoms. The van der Waals surface area contributed by atoms with E-state index in [-0.39, 0.29) is 0 Å². The van der Waals surface area contributed by atoms with Crippen LogP contribution in [0.15, 0.2) is 54.6 Å². The number of aliphatic hydroxyl groups is 1. The van der Waals surface area contributed by atoms with Gasteiger partial charge in [-0.15, -0.1) is 0 Å². The number of nitrogens with one attached hydrogen (secondary N) is 1. The van der Waals surface area contributed by atoms with Crippen LogP contribution in [0.25, 0.3) is 0 Å². The predicted molar refractivity (Wildman–Crippen MR) is 118 cm³/mol. The zero-order valence-electron chi connectivity index (χ0n) is 17.8. The molecule has 3 heteroatoms. The molecule has 2 fully saturated rings. The number of ether oxygens (including phenoxy) is 1. The van der Waals surface area contributed by atoms with Crippen LogP contribution in [0.5, 0.6) is 5.75 Å². The number of fused-ring (bicyclic) bond motifs is 1. The van der Waals surface area contributed by atoms with E-state index in [1.165, 1.54) is 30.4 Å². The van der Waals surface area contributed by atoms with Crippen molar-refractivity contribution in [3.8, 4) is 5.75 Å². The first-order valence-electron chi connectivity index (χ1n) is 11.2. The van der Waals surface area contributed by atoms with Crippen molar-refractivity contribution in [1.82, 2.24) is 5.32 Å². The van der Waals surface area contributed by atoms with E-state index in [4.69, 9.17) is 4.74 Å². The van der Waals surface area contributed by atoms with Crippen LogP contribution < -0.4 is 10.1 Å². The Morgan fingerprint density at radius 3 is 2.59 bits per heavy atom. The summed E-state index contributed by atoms with van der Waals surface area (Å²) in [5.41, 5.74) is 2.81. The highest BCUT2D eigenvalue weighted by Gasteiger charge is 2.39. The first kappa shape index (κ1) is 20.4. The van der Waals surface area contributed by atoms with Crippen LogP contribution in [0.3, 0.4) is 0 Å². The van der Waals surface area contributed by atoms with E-state index in [9.17, 15) is 5.11 Å². The molecular formula is C26H35NO2. The van der Waals surface area contributed by atoms with Gasteiger partial charge in [-0.2, -0.15) is 0 Å². The van der Waals surface area contributed by atoms with Crippen LogP contribution in [-0.4, -0.2) is 31.4 Å². The zero-order chi connectivity index (χ0) is 20.2. The summed E-state index contributed by atoms with van der Waals surface area (Å²) in [5, 5.41) is 13.4. The van der Waals surface area contributed by atoms with E-state index in [1.54, 1.807) is 7.11 Å². The third-order valence-corrected chi connectivity index (χ3v) is 7.44. The lowest BCUT2D eigenvalue weighted by Crippen LogP contribution is -2.49. The van der Waals surface area contributed by atoms with Gasteiger partial charge in [0.25, 0.3) is 0 Å². The Hall–Kier alpha value is -1.84. The maximum absolute atomic E-state index is 9.68. The lowest BCUT2D eigenvalue weighted by atomic mass is 9.64. The summed E-state index contributed by atoms with van der Waals surface area (Å²) < 4.78 is 5.55. The lowest BCUT2D eigenvalue weighted by Gasteiger charge is -2.45. The van der Waals surface area contributed by atoms with E-state index in [1.807, 2.05) is 6.07 Å². The Morgan fingerprint density at radius 2 is 1.83 bits per heavy atom. The summed E-state index contributed by atoms with van der Waals surface area (Å²) in [5.74, 6) is 3.62. The first-order valence-corrected chi connectivity index (χ1v) is 11.2. The van der Waals surface area contributed by atoms with Crippen molar-refractivity contribution in [3.05, 3.63) is 65.7 Å². The first-order chi connectivity index (χ1) is 14.2. The Kier molecular flexibility index (Phi) is 6.56. The second-order valence-corrected chi connectivity index (χ2v) is 9.13. The lowest BCUT2D eigenvalue weighted by molar-refractivity contribution is 0.0889. The number of methoxy groups -OCH3 is 1. The van der Waals surface area contributed by atoms with Gasteiger partial charge in [0.05, 0.1) is 7.11 Å². The van der Waals surface area contributed by atoms with Crippen molar-refractivity contribution in [2.45, 2.75) is 50.5 Å². The maximum atomic E-state index is 9.68. The van der Waals surface area contributed by atoms with Crippen LogP contribution in [-0.2, 0) is 0 Å². The Bertz CT molecular complexity index is 777. The molecule has 2 N–H and O–H groups in total. The summed E-state index contributed by atoms with van der Waals surface area (Å²) in [4.78, 5) is 0.